The van der Waals surface area contributed by atoms with Crippen molar-refractivity contribution in [1.82, 2.24) is 0 Å². The van der Waals surface area contributed by atoms with Crippen LogP contribution in [-0.2, 0) is 11.2 Å². The predicted octanol–water partition coefficient (Wildman–Crippen LogP) is 3.74. The zero-order valence-electron chi connectivity index (χ0n) is 13.1. The lowest BCUT2D eigenvalue weighted by atomic mass is 10.0. The number of fused-ring (bicyclic) bond motifs is 1. The van der Waals surface area contributed by atoms with Crippen LogP contribution in [0.15, 0.2) is 48.5 Å². The third-order valence-electron chi connectivity index (χ3n) is 4.12. The van der Waals surface area contributed by atoms with E-state index >= 15 is 0 Å². The van der Waals surface area contributed by atoms with Gasteiger partial charge >= 0.3 is 0 Å². The highest BCUT2D eigenvalue weighted by Crippen LogP contribution is 2.28. The topological polar surface area (TPSA) is 29.5 Å². The van der Waals surface area contributed by atoms with E-state index < -0.39 is 6.10 Å². The number of hydrogen-bond donors (Lipinski definition) is 0. The van der Waals surface area contributed by atoms with Crippen LogP contribution < -0.4 is 9.64 Å². The maximum absolute atomic E-state index is 12.8. The standard InChI is InChI=1S/C19H21NO2/c1-14-8-3-6-12-18(14)22-15(2)19(21)20-13-7-10-16-9-4-5-11-17(16)20/h3-6,8-9,11-12,15H,7,10,13H2,1-2H3/t15-/m0/s1. The van der Waals surface area contributed by atoms with Gasteiger partial charge in [0.2, 0.25) is 0 Å². The molecule has 3 rings (SSSR count). The number of carbonyl (C=O) groups excluding carboxylic acids is 1. The first-order valence-corrected chi connectivity index (χ1v) is 7.78. The molecule has 1 atom stereocenters. The van der Waals surface area contributed by atoms with E-state index in [9.17, 15) is 4.79 Å². The van der Waals surface area contributed by atoms with E-state index in [-0.39, 0.29) is 5.91 Å². The van der Waals surface area contributed by atoms with Crippen LogP contribution in [0.25, 0.3) is 0 Å². The van der Waals surface area contributed by atoms with Gasteiger partial charge in [-0.1, -0.05) is 36.4 Å². The van der Waals surface area contributed by atoms with Crippen molar-refractivity contribution >= 4 is 11.6 Å². The first-order chi connectivity index (χ1) is 10.7. The van der Waals surface area contributed by atoms with Gasteiger partial charge in [-0.2, -0.15) is 0 Å². The molecule has 0 saturated carbocycles. The van der Waals surface area contributed by atoms with E-state index in [0.29, 0.717) is 0 Å². The van der Waals surface area contributed by atoms with Gasteiger partial charge in [0.1, 0.15) is 5.75 Å². The van der Waals surface area contributed by atoms with E-state index in [4.69, 9.17) is 4.74 Å². The second-order valence-corrected chi connectivity index (χ2v) is 5.75. The third kappa shape index (κ3) is 2.84. The van der Waals surface area contributed by atoms with Crippen LogP contribution in [-0.4, -0.2) is 18.6 Å². The molecular weight excluding hydrogens is 274 g/mol. The Morgan fingerprint density at radius 1 is 1.14 bits per heavy atom. The van der Waals surface area contributed by atoms with Crippen LogP contribution in [0.4, 0.5) is 5.69 Å². The molecule has 0 saturated heterocycles. The van der Waals surface area contributed by atoms with Gasteiger partial charge in [0.05, 0.1) is 0 Å². The zero-order chi connectivity index (χ0) is 15.5. The van der Waals surface area contributed by atoms with Gasteiger partial charge in [0.15, 0.2) is 6.10 Å². The van der Waals surface area contributed by atoms with E-state index in [1.54, 1.807) is 0 Å². The van der Waals surface area contributed by atoms with Crippen molar-refractivity contribution in [3.05, 3.63) is 59.7 Å². The summed E-state index contributed by atoms with van der Waals surface area (Å²) >= 11 is 0. The van der Waals surface area contributed by atoms with Gasteiger partial charge in [-0.3, -0.25) is 4.79 Å². The van der Waals surface area contributed by atoms with Crippen LogP contribution in [0.2, 0.25) is 0 Å². The summed E-state index contributed by atoms with van der Waals surface area (Å²) in [6.07, 6.45) is 1.54. The number of benzene rings is 2. The molecule has 0 aromatic heterocycles. The number of nitrogens with zero attached hydrogens (tertiary/aromatic N) is 1. The molecule has 3 heteroatoms. The molecule has 22 heavy (non-hydrogen) atoms. The fourth-order valence-electron chi connectivity index (χ4n) is 2.91. The van der Waals surface area contributed by atoms with Crippen molar-refractivity contribution in [2.45, 2.75) is 32.8 Å². The Labute approximate surface area is 131 Å². The number of para-hydroxylation sites is 2. The van der Waals surface area contributed by atoms with E-state index in [1.807, 2.05) is 61.2 Å². The third-order valence-corrected chi connectivity index (χ3v) is 4.12. The summed E-state index contributed by atoms with van der Waals surface area (Å²) in [6, 6.07) is 15.9. The number of rotatable bonds is 3. The minimum Gasteiger partial charge on any atom is -0.481 e. The van der Waals surface area contributed by atoms with Gasteiger partial charge < -0.3 is 9.64 Å². The zero-order valence-corrected chi connectivity index (χ0v) is 13.1. The molecule has 114 valence electrons. The second-order valence-electron chi connectivity index (χ2n) is 5.75. The quantitative estimate of drug-likeness (QED) is 0.863. The summed E-state index contributed by atoms with van der Waals surface area (Å²) in [5, 5.41) is 0. The van der Waals surface area contributed by atoms with Crippen molar-refractivity contribution < 1.29 is 9.53 Å². The Balaban J connectivity index is 1.78. The molecule has 0 unspecified atom stereocenters. The summed E-state index contributed by atoms with van der Waals surface area (Å²) in [5.41, 5.74) is 3.31. The molecule has 0 bridgehead atoms. The SMILES string of the molecule is Cc1ccccc1O[C@@H](C)C(=O)N1CCCc2ccccc21. The Hall–Kier alpha value is -2.29. The molecule has 3 nitrogen and oxygen atoms in total. The molecule has 2 aromatic carbocycles. The first kappa shape index (κ1) is 14.6. The highest BCUT2D eigenvalue weighted by molar-refractivity contribution is 5.97. The fourth-order valence-corrected chi connectivity index (χ4v) is 2.91. The summed E-state index contributed by atoms with van der Waals surface area (Å²) in [7, 11) is 0. The molecule has 1 aliphatic heterocycles. The second kappa shape index (κ2) is 6.22. The number of amides is 1. The fraction of sp³-hybridized carbons (Fsp3) is 0.316. The number of aryl methyl sites for hydroxylation is 2. The minimum atomic E-state index is -0.493. The van der Waals surface area contributed by atoms with Gasteiger partial charge in [-0.15, -0.1) is 0 Å². The number of ether oxygens (including phenoxy) is 1. The van der Waals surface area contributed by atoms with Crippen LogP contribution >= 0.6 is 0 Å². The average molecular weight is 295 g/mol. The summed E-state index contributed by atoms with van der Waals surface area (Å²) in [4.78, 5) is 14.6. The van der Waals surface area contributed by atoms with E-state index in [0.717, 1.165) is 36.4 Å². The van der Waals surface area contributed by atoms with Crippen molar-refractivity contribution in [3.63, 3.8) is 0 Å². The largest absolute Gasteiger partial charge is 0.481 e. The Bertz CT molecular complexity index is 681. The molecule has 0 aliphatic carbocycles. The van der Waals surface area contributed by atoms with Crippen molar-refractivity contribution in [3.8, 4) is 5.75 Å². The highest BCUT2D eigenvalue weighted by atomic mass is 16.5. The smallest absolute Gasteiger partial charge is 0.267 e. The lowest BCUT2D eigenvalue weighted by Gasteiger charge is -2.31. The maximum Gasteiger partial charge on any atom is 0.267 e. The Morgan fingerprint density at radius 3 is 2.68 bits per heavy atom. The van der Waals surface area contributed by atoms with Crippen LogP contribution in [0.1, 0.15) is 24.5 Å². The molecule has 1 heterocycles. The van der Waals surface area contributed by atoms with Gasteiger partial charge in [0, 0.05) is 12.2 Å². The molecule has 0 fully saturated rings. The molecule has 0 radical (unpaired) electrons. The summed E-state index contributed by atoms with van der Waals surface area (Å²) < 4.78 is 5.88. The van der Waals surface area contributed by atoms with Gasteiger partial charge in [0.25, 0.3) is 5.91 Å². The van der Waals surface area contributed by atoms with Gasteiger partial charge in [-0.05, 0) is 49.9 Å². The normalized spacial score (nSPS) is 15.1. The monoisotopic (exact) mass is 295 g/mol. The first-order valence-electron chi connectivity index (χ1n) is 7.78. The maximum atomic E-state index is 12.8. The molecule has 2 aromatic rings. The van der Waals surface area contributed by atoms with Crippen LogP contribution in [0.5, 0.6) is 5.75 Å². The van der Waals surface area contributed by atoms with Crippen molar-refractivity contribution in [1.29, 1.82) is 0 Å². The summed E-state index contributed by atoms with van der Waals surface area (Å²) in [5.74, 6) is 0.795. The average Bonchev–Trinajstić information content (AvgIpc) is 2.55. The lowest BCUT2D eigenvalue weighted by molar-refractivity contribution is -0.124. The Kier molecular flexibility index (Phi) is 4.14. The molecule has 1 amide bonds. The molecular formula is C19H21NO2. The van der Waals surface area contributed by atoms with Crippen molar-refractivity contribution in [2.24, 2.45) is 0 Å². The lowest BCUT2D eigenvalue weighted by Crippen LogP contribution is -2.43. The molecule has 1 aliphatic rings. The van der Waals surface area contributed by atoms with Crippen LogP contribution in [0.3, 0.4) is 0 Å². The number of anilines is 1. The number of hydrogen-bond acceptors (Lipinski definition) is 2. The summed E-state index contributed by atoms with van der Waals surface area (Å²) in [6.45, 7) is 4.58. The van der Waals surface area contributed by atoms with E-state index in [1.165, 1.54) is 5.56 Å². The van der Waals surface area contributed by atoms with Crippen LogP contribution in [0, 0.1) is 6.92 Å². The van der Waals surface area contributed by atoms with Gasteiger partial charge in [-0.25, -0.2) is 0 Å². The van der Waals surface area contributed by atoms with E-state index in [2.05, 4.69) is 6.07 Å². The van der Waals surface area contributed by atoms with Crippen molar-refractivity contribution in [2.75, 3.05) is 11.4 Å². The minimum absolute atomic E-state index is 0.0235. The number of carbonyl (C=O) groups is 1. The predicted molar refractivity (Wildman–Crippen MR) is 88.4 cm³/mol. The highest BCUT2D eigenvalue weighted by Gasteiger charge is 2.27. The molecule has 0 N–H and O–H groups in total. The Morgan fingerprint density at radius 2 is 1.86 bits per heavy atom. The molecule has 0 spiro atoms.